The maximum absolute atomic E-state index is 12.6. The molecule has 1 amide bonds. The molecule has 2 N–H and O–H groups in total. The average molecular weight is 455 g/mol. The molecule has 1 heterocycles. The third-order valence-corrected chi connectivity index (χ3v) is 5.92. The molecule has 0 unspecified atom stereocenters. The Kier molecular flexibility index (Phi) is 7.09. The molecule has 0 aliphatic carbocycles. The number of hydrogen-bond acceptors (Lipinski definition) is 6. The summed E-state index contributed by atoms with van der Waals surface area (Å²) in [6, 6.07) is 15.1. The summed E-state index contributed by atoms with van der Waals surface area (Å²) in [5.74, 6) is 0.683. The van der Waals surface area contributed by atoms with Crippen LogP contribution in [-0.2, 0) is 14.8 Å². The first-order valence-corrected chi connectivity index (χ1v) is 11.6. The number of carbonyl (C=O) groups is 1. The minimum Gasteiger partial charge on any atom is -0.484 e. The molecule has 0 saturated heterocycles. The van der Waals surface area contributed by atoms with Crippen molar-refractivity contribution in [2.24, 2.45) is 0 Å². The van der Waals surface area contributed by atoms with E-state index in [1.165, 1.54) is 29.8 Å². The quantitative estimate of drug-likeness (QED) is 0.532. The van der Waals surface area contributed by atoms with Gasteiger partial charge in [-0.2, -0.15) is 0 Å². The fourth-order valence-electron chi connectivity index (χ4n) is 2.96. The normalized spacial score (nSPS) is 11.3. The minimum atomic E-state index is -3.86. The number of ether oxygens (including phenoxy) is 1. The van der Waals surface area contributed by atoms with Gasteiger partial charge in [-0.05, 0) is 67.8 Å². The maximum Gasteiger partial charge on any atom is 0.264 e. The Balaban J connectivity index is 1.58. The van der Waals surface area contributed by atoms with Crippen LogP contribution in [0.3, 0.4) is 0 Å². The van der Waals surface area contributed by atoms with Gasteiger partial charge in [0.15, 0.2) is 6.61 Å². The molecular formula is C23H26N4O4S. The summed E-state index contributed by atoms with van der Waals surface area (Å²) in [5, 5.41) is 2.68. The Labute approximate surface area is 188 Å². The first-order valence-electron chi connectivity index (χ1n) is 10.1. The molecule has 0 aliphatic heterocycles. The highest BCUT2D eigenvalue weighted by molar-refractivity contribution is 7.92. The van der Waals surface area contributed by atoms with Crippen molar-refractivity contribution in [1.82, 2.24) is 9.97 Å². The summed E-state index contributed by atoms with van der Waals surface area (Å²) in [6.45, 7) is 7.57. The largest absolute Gasteiger partial charge is 0.484 e. The summed E-state index contributed by atoms with van der Waals surface area (Å²) < 4.78 is 33.0. The predicted molar refractivity (Wildman–Crippen MR) is 123 cm³/mol. The molecule has 3 rings (SSSR count). The van der Waals surface area contributed by atoms with Gasteiger partial charge in [0.2, 0.25) is 5.95 Å². The van der Waals surface area contributed by atoms with Crippen molar-refractivity contribution in [3.8, 4) is 5.75 Å². The van der Waals surface area contributed by atoms with Crippen LogP contribution >= 0.6 is 0 Å². The molecule has 0 atom stereocenters. The number of rotatable bonds is 8. The molecule has 3 aromatic rings. The second kappa shape index (κ2) is 9.78. The van der Waals surface area contributed by atoms with E-state index < -0.39 is 10.0 Å². The highest BCUT2D eigenvalue weighted by Crippen LogP contribution is 2.19. The van der Waals surface area contributed by atoms with Gasteiger partial charge in [-0.25, -0.2) is 23.1 Å². The van der Waals surface area contributed by atoms with Crippen LogP contribution in [0.1, 0.15) is 36.7 Å². The van der Waals surface area contributed by atoms with E-state index in [1.54, 1.807) is 19.9 Å². The second-order valence-electron chi connectivity index (χ2n) is 7.66. The Morgan fingerprint density at radius 3 is 2.12 bits per heavy atom. The lowest BCUT2D eigenvalue weighted by atomic mass is 10.0. The van der Waals surface area contributed by atoms with E-state index in [4.69, 9.17) is 4.74 Å². The molecule has 2 aromatic carbocycles. The molecule has 32 heavy (non-hydrogen) atoms. The monoisotopic (exact) mass is 454 g/mol. The summed E-state index contributed by atoms with van der Waals surface area (Å²) in [4.78, 5) is 20.4. The second-order valence-corrected chi connectivity index (χ2v) is 9.35. The van der Waals surface area contributed by atoms with Crippen molar-refractivity contribution in [1.29, 1.82) is 0 Å². The van der Waals surface area contributed by atoms with Crippen molar-refractivity contribution < 1.29 is 17.9 Å². The number of nitrogens with zero attached hydrogens (tertiary/aromatic N) is 2. The third kappa shape index (κ3) is 6.27. The summed E-state index contributed by atoms with van der Waals surface area (Å²) in [7, 11) is -3.86. The standard InChI is InChI=1S/C23H26N4O4S/c1-15(2)18-5-9-20(10-6-18)31-14-22(28)26-19-7-11-21(12-8-19)32(29,30)27-23-24-16(3)13-17(4)25-23/h5-13,15H,14H2,1-4H3,(H,26,28)(H,24,25,27). The molecule has 0 spiro atoms. The van der Waals surface area contributed by atoms with E-state index in [9.17, 15) is 13.2 Å². The highest BCUT2D eigenvalue weighted by Gasteiger charge is 2.16. The number of aryl methyl sites for hydroxylation is 2. The van der Waals surface area contributed by atoms with E-state index >= 15 is 0 Å². The van der Waals surface area contributed by atoms with Crippen LogP contribution in [0.5, 0.6) is 5.75 Å². The van der Waals surface area contributed by atoms with Gasteiger partial charge >= 0.3 is 0 Å². The van der Waals surface area contributed by atoms with Crippen LogP contribution in [-0.4, -0.2) is 30.9 Å². The Bertz CT molecular complexity index is 1170. The summed E-state index contributed by atoms with van der Waals surface area (Å²) >= 11 is 0. The molecule has 0 fully saturated rings. The van der Waals surface area contributed by atoms with E-state index in [2.05, 4.69) is 33.9 Å². The Hall–Kier alpha value is -3.46. The number of hydrogen-bond donors (Lipinski definition) is 2. The molecule has 1 aromatic heterocycles. The molecule has 0 bridgehead atoms. The van der Waals surface area contributed by atoms with Gasteiger partial charge in [0.05, 0.1) is 4.90 Å². The van der Waals surface area contributed by atoms with Gasteiger partial charge < -0.3 is 10.1 Å². The number of benzene rings is 2. The molecule has 8 nitrogen and oxygen atoms in total. The van der Waals surface area contributed by atoms with Gasteiger partial charge in [0.25, 0.3) is 15.9 Å². The van der Waals surface area contributed by atoms with Crippen LogP contribution in [0.15, 0.2) is 59.5 Å². The van der Waals surface area contributed by atoms with Crippen LogP contribution in [0.25, 0.3) is 0 Å². The minimum absolute atomic E-state index is 0.0125. The summed E-state index contributed by atoms with van der Waals surface area (Å²) in [5.41, 5.74) is 2.96. The van der Waals surface area contributed by atoms with Crippen molar-refractivity contribution in [2.75, 3.05) is 16.6 Å². The molecule has 168 valence electrons. The van der Waals surface area contributed by atoms with Crippen molar-refractivity contribution >= 4 is 27.6 Å². The maximum atomic E-state index is 12.6. The SMILES string of the molecule is Cc1cc(C)nc(NS(=O)(=O)c2ccc(NC(=O)COc3ccc(C(C)C)cc3)cc2)n1. The Morgan fingerprint density at radius 1 is 0.969 bits per heavy atom. The van der Waals surface area contributed by atoms with Crippen molar-refractivity contribution in [3.63, 3.8) is 0 Å². The first kappa shape index (κ1) is 23.2. The predicted octanol–water partition coefficient (Wildman–Crippen LogP) is 4.04. The topological polar surface area (TPSA) is 110 Å². The lowest BCUT2D eigenvalue weighted by molar-refractivity contribution is -0.118. The van der Waals surface area contributed by atoms with Crippen LogP contribution < -0.4 is 14.8 Å². The van der Waals surface area contributed by atoms with Gasteiger partial charge in [0, 0.05) is 17.1 Å². The first-order chi connectivity index (χ1) is 15.1. The zero-order valence-electron chi connectivity index (χ0n) is 18.4. The van der Waals surface area contributed by atoms with Gasteiger partial charge in [-0.1, -0.05) is 26.0 Å². The van der Waals surface area contributed by atoms with Gasteiger partial charge in [-0.3, -0.25) is 4.79 Å². The number of carbonyl (C=O) groups excluding carboxylic acids is 1. The van der Waals surface area contributed by atoms with Crippen molar-refractivity contribution in [3.05, 3.63) is 71.5 Å². The molecular weight excluding hydrogens is 428 g/mol. The molecule has 0 aliphatic rings. The third-order valence-electron chi connectivity index (χ3n) is 4.57. The van der Waals surface area contributed by atoms with Gasteiger partial charge in [-0.15, -0.1) is 0 Å². The zero-order valence-corrected chi connectivity index (χ0v) is 19.2. The van der Waals surface area contributed by atoms with Crippen molar-refractivity contribution in [2.45, 2.75) is 38.5 Å². The van der Waals surface area contributed by atoms with E-state index in [0.29, 0.717) is 28.7 Å². The van der Waals surface area contributed by atoms with E-state index in [0.717, 1.165) is 0 Å². The summed E-state index contributed by atoms with van der Waals surface area (Å²) in [6.07, 6.45) is 0. The molecule has 0 radical (unpaired) electrons. The van der Waals surface area contributed by atoms with Crippen LogP contribution in [0.4, 0.5) is 11.6 Å². The number of nitrogens with one attached hydrogen (secondary N) is 2. The highest BCUT2D eigenvalue weighted by atomic mass is 32.2. The van der Waals surface area contributed by atoms with E-state index in [-0.39, 0.29) is 23.4 Å². The fourth-order valence-corrected chi connectivity index (χ4v) is 3.91. The molecule has 0 saturated carbocycles. The lowest BCUT2D eigenvalue weighted by Gasteiger charge is -2.10. The number of anilines is 2. The average Bonchev–Trinajstić information content (AvgIpc) is 2.72. The zero-order chi connectivity index (χ0) is 23.3. The number of amides is 1. The fraction of sp³-hybridized carbons (Fsp3) is 0.261. The smallest absolute Gasteiger partial charge is 0.264 e. The van der Waals surface area contributed by atoms with E-state index in [1.807, 2.05) is 24.3 Å². The van der Waals surface area contributed by atoms with Crippen LogP contribution in [0, 0.1) is 13.8 Å². The van der Waals surface area contributed by atoms with Crippen LogP contribution in [0.2, 0.25) is 0 Å². The number of aromatic nitrogens is 2. The lowest BCUT2D eigenvalue weighted by Crippen LogP contribution is -2.20. The molecule has 9 heteroatoms. The Morgan fingerprint density at radius 2 is 1.56 bits per heavy atom. The number of sulfonamides is 1. The van der Waals surface area contributed by atoms with Gasteiger partial charge in [0.1, 0.15) is 5.75 Å².